The minimum absolute atomic E-state index is 0.160. The monoisotopic (exact) mass is 411 g/mol. The lowest BCUT2D eigenvalue weighted by Crippen LogP contribution is -2.15. The minimum atomic E-state index is -0.572. The molecule has 0 saturated carbocycles. The lowest BCUT2D eigenvalue weighted by molar-refractivity contribution is 0.102. The van der Waals surface area contributed by atoms with Crippen molar-refractivity contribution in [3.8, 4) is 5.88 Å². The summed E-state index contributed by atoms with van der Waals surface area (Å²) in [5, 5.41) is 6.33. The van der Waals surface area contributed by atoms with Gasteiger partial charge in [0.05, 0.1) is 11.8 Å². The summed E-state index contributed by atoms with van der Waals surface area (Å²) in [7, 11) is 0. The summed E-state index contributed by atoms with van der Waals surface area (Å²) >= 11 is 0. The number of unbranched alkanes of at least 4 members (excludes halogenated alkanes) is 1. The number of rotatable bonds is 8. The van der Waals surface area contributed by atoms with E-state index in [0.29, 0.717) is 12.2 Å². The molecular weight excluding hydrogens is 392 g/mol. The van der Waals surface area contributed by atoms with Gasteiger partial charge in [-0.25, -0.2) is 18.7 Å². The van der Waals surface area contributed by atoms with Gasteiger partial charge in [-0.3, -0.25) is 9.78 Å². The van der Waals surface area contributed by atoms with Gasteiger partial charge in [-0.05, 0) is 49.9 Å². The number of aromatic nitrogens is 3. The van der Waals surface area contributed by atoms with Crippen LogP contribution in [0, 0.1) is 18.6 Å². The Morgan fingerprint density at radius 1 is 1.17 bits per heavy atom. The number of halogens is 2. The minimum Gasteiger partial charge on any atom is -0.334 e. The predicted octanol–water partition coefficient (Wildman–Crippen LogP) is 4.10. The maximum atomic E-state index is 13.5. The quantitative estimate of drug-likeness (QED) is 0.342. The Labute approximate surface area is 171 Å². The fraction of sp³-hybridized carbons (Fsp3) is 0.190. The van der Waals surface area contributed by atoms with Gasteiger partial charge >= 0.3 is 0 Å². The van der Waals surface area contributed by atoms with Gasteiger partial charge in [0.15, 0.2) is 5.82 Å². The molecule has 3 aromatic heterocycles. The standard InChI is InChI=1S/C21H19F2N5O2/c1-14-16(12-24-13-18(14)23)20(29)28-19-8-7-15(11-26-19)5-2-3-10-27-30-21-17(22)6-4-9-25-21/h4,6-13H,2-3,5H2,1H3,(H,26,28,29)/b27-10+. The van der Waals surface area contributed by atoms with E-state index < -0.39 is 17.5 Å². The van der Waals surface area contributed by atoms with Gasteiger partial charge in [0, 0.05) is 30.4 Å². The molecule has 0 unspecified atom stereocenters. The average Bonchev–Trinajstić information content (AvgIpc) is 2.75. The van der Waals surface area contributed by atoms with Crippen LogP contribution in [0.3, 0.4) is 0 Å². The molecule has 3 rings (SSSR count). The Hall–Kier alpha value is -3.75. The number of carbonyl (C=O) groups excluding carboxylic acids is 1. The second kappa shape index (κ2) is 10.1. The van der Waals surface area contributed by atoms with Gasteiger partial charge in [-0.1, -0.05) is 11.2 Å². The van der Waals surface area contributed by atoms with Crippen molar-refractivity contribution in [2.75, 3.05) is 5.32 Å². The van der Waals surface area contributed by atoms with E-state index in [9.17, 15) is 13.6 Å². The summed E-state index contributed by atoms with van der Waals surface area (Å²) in [5.41, 5.74) is 1.37. The summed E-state index contributed by atoms with van der Waals surface area (Å²) < 4.78 is 26.9. The molecule has 0 radical (unpaired) electrons. The van der Waals surface area contributed by atoms with Crippen LogP contribution in [0.25, 0.3) is 0 Å². The van der Waals surface area contributed by atoms with Crippen molar-refractivity contribution >= 4 is 17.9 Å². The molecule has 1 N–H and O–H groups in total. The highest BCUT2D eigenvalue weighted by atomic mass is 19.1. The van der Waals surface area contributed by atoms with Gasteiger partial charge in [-0.2, -0.15) is 0 Å². The van der Waals surface area contributed by atoms with Gasteiger partial charge < -0.3 is 10.2 Å². The Kier molecular flexibility index (Phi) is 7.09. The number of hydrogen-bond acceptors (Lipinski definition) is 6. The summed E-state index contributed by atoms with van der Waals surface area (Å²) in [6.07, 6.45) is 9.14. The Morgan fingerprint density at radius 3 is 2.80 bits per heavy atom. The number of nitrogens with zero attached hydrogens (tertiary/aromatic N) is 4. The van der Waals surface area contributed by atoms with E-state index in [4.69, 9.17) is 4.84 Å². The number of oxime groups is 1. The fourth-order valence-corrected chi connectivity index (χ4v) is 2.53. The van der Waals surface area contributed by atoms with Crippen LogP contribution in [0.4, 0.5) is 14.6 Å². The van der Waals surface area contributed by atoms with Gasteiger partial charge in [0.1, 0.15) is 11.6 Å². The molecule has 0 fully saturated rings. The lowest BCUT2D eigenvalue weighted by Gasteiger charge is -2.07. The van der Waals surface area contributed by atoms with Crippen LogP contribution >= 0.6 is 0 Å². The molecule has 0 aliphatic rings. The molecule has 0 aromatic carbocycles. The summed E-state index contributed by atoms with van der Waals surface area (Å²) in [5.74, 6) is -1.39. The van der Waals surface area contributed by atoms with Crippen molar-refractivity contribution in [2.45, 2.75) is 26.2 Å². The Morgan fingerprint density at radius 2 is 2.03 bits per heavy atom. The number of amides is 1. The molecule has 0 bridgehead atoms. The molecule has 0 aliphatic heterocycles. The number of nitrogens with one attached hydrogen (secondary N) is 1. The first-order valence-corrected chi connectivity index (χ1v) is 9.20. The topological polar surface area (TPSA) is 89.4 Å². The first-order chi connectivity index (χ1) is 14.5. The van der Waals surface area contributed by atoms with Crippen LogP contribution in [-0.4, -0.2) is 27.1 Å². The Balaban J connectivity index is 1.44. The molecule has 0 spiro atoms. The number of hydrogen-bond donors (Lipinski definition) is 1. The highest BCUT2D eigenvalue weighted by molar-refractivity contribution is 6.04. The number of aryl methyl sites for hydroxylation is 1. The van der Waals surface area contributed by atoms with E-state index in [1.165, 1.54) is 31.5 Å². The van der Waals surface area contributed by atoms with E-state index >= 15 is 0 Å². The van der Waals surface area contributed by atoms with Crippen LogP contribution in [0.5, 0.6) is 5.88 Å². The zero-order chi connectivity index (χ0) is 21.3. The van der Waals surface area contributed by atoms with Gasteiger partial charge in [0.2, 0.25) is 0 Å². The van der Waals surface area contributed by atoms with Crippen molar-refractivity contribution in [1.82, 2.24) is 15.0 Å². The molecular formula is C21H19F2N5O2. The first-order valence-electron chi connectivity index (χ1n) is 9.20. The van der Waals surface area contributed by atoms with Crippen LogP contribution < -0.4 is 10.2 Å². The third kappa shape index (κ3) is 5.63. The maximum absolute atomic E-state index is 13.5. The molecule has 1 amide bonds. The largest absolute Gasteiger partial charge is 0.334 e. The summed E-state index contributed by atoms with van der Waals surface area (Å²) in [6.45, 7) is 1.52. The normalized spacial score (nSPS) is 10.9. The molecule has 0 aliphatic carbocycles. The average molecular weight is 411 g/mol. The molecule has 154 valence electrons. The van der Waals surface area contributed by atoms with Crippen LogP contribution in [-0.2, 0) is 6.42 Å². The molecule has 0 saturated heterocycles. The Bertz CT molecular complexity index is 1040. The third-order valence-corrected chi connectivity index (χ3v) is 4.20. The lowest BCUT2D eigenvalue weighted by atomic mass is 10.1. The highest BCUT2D eigenvalue weighted by Gasteiger charge is 2.13. The van der Waals surface area contributed by atoms with E-state index in [0.717, 1.165) is 24.6 Å². The molecule has 0 atom stereocenters. The number of carbonyl (C=O) groups is 1. The van der Waals surface area contributed by atoms with Crippen molar-refractivity contribution < 1.29 is 18.4 Å². The molecule has 3 aromatic rings. The summed E-state index contributed by atoms with van der Waals surface area (Å²) in [6, 6.07) is 6.23. The van der Waals surface area contributed by atoms with Gasteiger partial charge in [-0.15, -0.1) is 0 Å². The molecule has 30 heavy (non-hydrogen) atoms. The van der Waals surface area contributed by atoms with Crippen molar-refractivity contribution in [2.24, 2.45) is 5.16 Å². The van der Waals surface area contributed by atoms with E-state index in [2.05, 4.69) is 25.4 Å². The van der Waals surface area contributed by atoms with Gasteiger partial charge in [0.25, 0.3) is 11.8 Å². The molecule has 3 heterocycles. The van der Waals surface area contributed by atoms with Crippen molar-refractivity contribution in [1.29, 1.82) is 0 Å². The number of pyridine rings is 3. The second-order valence-electron chi connectivity index (χ2n) is 6.36. The van der Waals surface area contributed by atoms with Crippen LogP contribution in [0.15, 0.2) is 54.2 Å². The van der Waals surface area contributed by atoms with E-state index in [1.807, 2.05) is 6.07 Å². The van der Waals surface area contributed by atoms with E-state index in [1.54, 1.807) is 18.5 Å². The van der Waals surface area contributed by atoms with Crippen LogP contribution in [0.2, 0.25) is 0 Å². The first kappa shape index (κ1) is 21.0. The second-order valence-corrected chi connectivity index (χ2v) is 6.36. The molecule has 7 nitrogen and oxygen atoms in total. The zero-order valence-corrected chi connectivity index (χ0v) is 16.2. The SMILES string of the molecule is Cc1c(F)cncc1C(=O)Nc1ccc(CCC/C=N/Oc2ncccc2F)cn1. The maximum Gasteiger partial charge on any atom is 0.284 e. The van der Waals surface area contributed by atoms with Crippen LogP contribution in [0.1, 0.15) is 34.3 Å². The van der Waals surface area contributed by atoms with Crippen molar-refractivity contribution in [3.63, 3.8) is 0 Å². The fourth-order valence-electron chi connectivity index (χ4n) is 2.53. The van der Waals surface area contributed by atoms with Crippen molar-refractivity contribution in [3.05, 3.63) is 77.4 Å². The zero-order valence-electron chi connectivity index (χ0n) is 16.2. The number of anilines is 1. The molecule has 9 heteroatoms. The highest BCUT2D eigenvalue weighted by Crippen LogP contribution is 2.14. The third-order valence-electron chi connectivity index (χ3n) is 4.20. The smallest absolute Gasteiger partial charge is 0.284 e. The summed E-state index contributed by atoms with van der Waals surface area (Å²) in [4.78, 5) is 28.8. The van der Waals surface area contributed by atoms with E-state index in [-0.39, 0.29) is 17.0 Å². The predicted molar refractivity (Wildman–Crippen MR) is 107 cm³/mol.